The highest BCUT2D eigenvalue weighted by Gasteiger charge is 2.76. The lowest BCUT2D eigenvalue weighted by Crippen LogP contribution is -2.83. The number of benzene rings is 1. The molecule has 0 saturated carbocycles. The molecule has 1 amide bonds. The highest BCUT2D eigenvalue weighted by atomic mass is 16.6. The Morgan fingerprint density at radius 3 is 1.79 bits per heavy atom. The molecule has 1 aliphatic heterocycles. The number of amides is 1. The Bertz CT molecular complexity index is 943. The van der Waals surface area contributed by atoms with Crippen LogP contribution in [0, 0.1) is 5.92 Å². The summed E-state index contributed by atoms with van der Waals surface area (Å²) in [5.41, 5.74) is -3.94. The van der Waals surface area contributed by atoms with E-state index in [4.69, 9.17) is 14.2 Å². The number of ether oxygens (including phenoxy) is 3. The molecule has 0 bridgehead atoms. The summed E-state index contributed by atoms with van der Waals surface area (Å²) in [5.74, 6) is -6.40. The number of rotatable bonds is 7. The van der Waals surface area contributed by atoms with Gasteiger partial charge in [-0.25, -0.2) is 14.4 Å². The van der Waals surface area contributed by atoms with Crippen LogP contribution < -0.4 is 0 Å². The van der Waals surface area contributed by atoms with Gasteiger partial charge >= 0.3 is 17.9 Å². The first-order chi connectivity index (χ1) is 15.6. The quantitative estimate of drug-likeness (QED) is 0.255. The minimum Gasteiger partial charge on any atom is -0.467 e. The number of carbonyl (C=O) groups excluding carboxylic acids is 5. The van der Waals surface area contributed by atoms with Crippen LogP contribution in [0.3, 0.4) is 0 Å². The summed E-state index contributed by atoms with van der Waals surface area (Å²) in [6.07, 6.45) is -0.0583. The summed E-state index contributed by atoms with van der Waals surface area (Å²) in [5, 5.41) is 0. The lowest BCUT2D eigenvalue weighted by molar-refractivity contribution is -0.218. The fourth-order valence-electron chi connectivity index (χ4n) is 3.91. The lowest BCUT2D eigenvalue weighted by atomic mass is 9.69. The Kier molecular flexibility index (Phi) is 7.60. The van der Waals surface area contributed by atoms with Crippen LogP contribution in [-0.2, 0) is 44.6 Å². The van der Waals surface area contributed by atoms with Crippen LogP contribution in [-0.4, -0.2) is 64.4 Å². The van der Waals surface area contributed by atoms with Gasteiger partial charge in [0.2, 0.25) is 5.91 Å². The minimum absolute atomic E-state index is 0.0583. The molecule has 9 heteroatoms. The molecule has 1 fully saturated rings. The van der Waals surface area contributed by atoms with Crippen molar-refractivity contribution in [3.63, 3.8) is 0 Å². The van der Waals surface area contributed by atoms with Gasteiger partial charge in [-0.05, 0) is 54.0 Å². The predicted molar refractivity (Wildman–Crippen MR) is 121 cm³/mol. The van der Waals surface area contributed by atoms with E-state index in [1.165, 1.54) is 0 Å². The van der Waals surface area contributed by atoms with Crippen LogP contribution in [0.25, 0.3) is 0 Å². The van der Waals surface area contributed by atoms with Crippen LogP contribution >= 0.6 is 0 Å². The number of likely N-dealkylation sites (tertiary alicyclic amines) is 1. The van der Waals surface area contributed by atoms with Crippen molar-refractivity contribution in [2.75, 3.05) is 7.11 Å². The van der Waals surface area contributed by atoms with Crippen LogP contribution in [0.15, 0.2) is 30.3 Å². The number of esters is 3. The molecule has 1 saturated heterocycles. The highest BCUT2D eigenvalue weighted by molar-refractivity contribution is 6.25. The van der Waals surface area contributed by atoms with Crippen LogP contribution in [0.5, 0.6) is 0 Å². The van der Waals surface area contributed by atoms with E-state index < -0.39 is 58.3 Å². The third-order valence-corrected chi connectivity index (χ3v) is 5.17. The van der Waals surface area contributed by atoms with Gasteiger partial charge in [0, 0.05) is 6.42 Å². The zero-order valence-electron chi connectivity index (χ0n) is 21.0. The Labute approximate surface area is 199 Å². The fraction of sp³-hybridized carbons (Fsp3) is 0.560. The van der Waals surface area contributed by atoms with E-state index in [0.29, 0.717) is 5.56 Å². The van der Waals surface area contributed by atoms with E-state index >= 15 is 0 Å². The van der Waals surface area contributed by atoms with Gasteiger partial charge in [0.1, 0.15) is 28.9 Å². The second-order valence-electron chi connectivity index (χ2n) is 10.3. The molecule has 186 valence electrons. The Balaban J connectivity index is 2.74. The summed E-state index contributed by atoms with van der Waals surface area (Å²) >= 11 is 0. The Morgan fingerprint density at radius 1 is 0.941 bits per heavy atom. The van der Waals surface area contributed by atoms with Crippen molar-refractivity contribution >= 4 is 29.6 Å². The molecule has 34 heavy (non-hydrogen) atoms. The standard InChI is InChI=1S/C25H33NO8/c1-15(27)18-19(28)26(17(20(29)32-8)14-16-12-10-9-11-13-16)25(18,21(30)33-23(2,3)4)22(31)34-24(5,6)7/h9-13,17-18H,14H2,1-8H3. The number of hydrogen-bond acceptors (Lipinski definition) is 8. The van der Waals surface area contributed by atoms with E-state index in [1.807, 2.05) is 0 Å². The summed E-state index contributed by atoms with van der Waals surface area (Å²) in [6.45, 7) is 10.6. The summed E-state index contributed by atoms with van der Waals surface area (Å²) in [6, 6.07) is 7.35. The van der Waals surface area contributed by atoms with Gasteiger partial charge in [-0.15, -0.1) is 0 Å². The second-order valence-corrected chi connectivity index (χ2v) is 10.3. The molecule has 2 rings (SSSR count). The molecule has 0 aromatic heterocycles. The molecule has 0 spiro atoms. The van der Waals surface area contributed by atoms with E-state index in [-0.39, 0.29) is 6.42 Å². The molecule has 1 aromatic rings. The zero-order chi connectivity index (χ0) is 26.1. The molecule has 9 nitrogen and oxygen atoms in total. The van der Waals surface area contributed by atoms with Gasteiger partial charge in [-0.2, -0.15) is 0 Å². The molecule has 1 heterocycles. The monoisotopic (exact) mass is 475 g/mol. The molecule has 0 aliphatic carbocycles. The van der Waals surface area contributed by atoms with Crippen molar-refractivity contribution in [3.05, 3.63) is 35.9 Å². The number of Topliss-reactive ketones (excluding diaryl/α,β-unsaturated/α-hetero) is 1. The van der Waals surface area contributed by atoms with Gasteiger partial charge in [-0.1, -0.05) is 30.3 Å². The minimum atomic E-state index is -2.48. The van der Waals surface area contributed by atoms with Crippen molar-refractivity contribution in [1.82, 2.24) is 4.90 Å². The van der Waals surface area contributed by atoms with Gasteiger partial charge in [0.05, 0.1) is 7.11 Å². The summed E-state index contributed by atoms with van der Waals surface area (Å²) in [7, 11) is 1.13. The van der Waals surface area contributed by atoms with Gasteiger partial charge in [0.15, 0.2) is 0 Å². The first-order valence-corrected chi connectivity index (χ1v) is 11.0. The molecule has 0 N–H and O–H groups in total. The smallest absolute Gasteiger partial charge is 0.345 e. The van der Waals surface area contributed by atoms with Gasteiger partial charge in [0.25, 0.3) is 5.54 Å². The Morgan fingerprint density at radius 2 is 1.41 bits per heavy atom. The maximum Gasteiger partial charge on any atom is 0.345 e. The molecule has 0 radical (unpaired) electrons. The number of carbonyl (C=O) groups is 5. The van der Waals surface area contributed by atoms with Crippen molar-refractivity contribution in [2.24, 2.45) is 5.92 Å². The number of ketones is 1. The number of methoxy groups -OCH3 is 1. The molecule has 1 aliphatic rings. The van der Waals surface area contributed by atoms with Crippen LogP contribution in [0.2, 0.25) is 0 Å². The van der Waals surface area contributed by atoms with E-state index in [1.54, 1.807) is 71.9 Å². The largest absolute Gasteiger partial charge is 0.467 e. The number of hydrogen-bond donors (Lipinski definition) is 0. The molecular formula is C25H33NO8. The average molecular weight is 476 g/mol. The molecule has 2 unspecified atom stereocenters. The molecule has 1 aromatic carbocycles. The van der Waals surface area contributed by atoms with Gasteiger partial charge < -0.3 is 19.1 Å². The highest BCUT2D eigenvalue weighted by Crippen LogP contribution is 2.45. The number of β-lactam (4-membered cyclic amide) rings is 1. The third-order valence-electron chi connectivity index (χ3n) is 5.17. The number of nitrogens with zero attached hydrogens (tertiary/aromatic N) is 1. The molecule has 2 atom stereocenters. The van der Waals surface area contributed by atoms with Crippen LogP contribution in [0.4, 0.5) is 0 Å². The zero-order valence-corrected chi connectivity index (χ0v) is 21.0. The molecular weight excluding hydrogens is 442 g/mol. The second kappa shape index (κ2) is 9.56. The average Bonchev–Trinajstić information content (AvgIpc) is 2.68. The summed E-state index contributed by atoms with van der Waals surface area (Å²) in [4.78, 5) is 66.8. The first-order valence-electron chi connectivity index (χ1n) is 11.0. The Hall–Kier alpha value is -3.23. The first kappa shape index (κ1) is 27.0. The third kappa shape index (κ3) is 5.29. The SMILES string of the molecule is COC(=O)C(Cc1ccccc1)N1C(=O)C(C(C)=O)C1(C(=O)OC(C)(C)C)C(=O)OC(C)(C)C. The topological polar surface area (TPSA) is 116 Å². The predicted octanol–water partition coefficient (Wildman–Crippen LogP) is 2.24. The van der Waals surface area contributed by atoms with Crippen molar-refractivity contribution < 1.29 is 38.2 Å². The van der Waals surface area contributed by atoms with Crippen LogP contribution in [0.1, 0.15) is 54.0 Å². The fourth-order valence-corrected chi connectivity index (χ4v) is 3.91. The van der Waals surface area contributed by atoms with E-state index in [2.05, 4.69) is 0 Å². The maximum atomic E-state index is 13.6. The maximum absolute atomic E-state index is 13.6. The van der Waals surface area contributed by atoms with E-state index in [9.17, 15) is 24.0 Å². The van der Waals surface area contributed by atoms with E-state index in [0.717, 1.165) is 18.9 Å². The van der Waals surface area contributed by atoms with Crippen molar-refractivity contribution in [3.8, 4) is 0 Å². The lowest BCUT2D eigenvalue weighted by Gasteiger charge is -2.55. The summed E-state index contributed by atoms with van der Waals surface area (Å²) < 4.78 is 15.9. The van der Waals surface area contributed by atoms with Crippen molar-refractivity contribution in [2.45, 2.75) is 77.7 Å². The normalized spacial score (nSPS) is 18.4. The van der Waals surface area contributed by atoms with Crippen molar-refractivity contribution in [1.29, 1.82) is 0 Å². The van der Waals surface area contributed by atoms with Gasteiger partial charge in [-0.3, -0.25) is 9.59 Å².